The Kier molecular flexibility index (Phi) is 5.81. The molecule has 0 saturated carbocycles. The van der Waals surface area contributed by atoms with Crippen LogP contribution in [-0.4, -0.2) is 18.4 Å². The quantitative estimate of drug-likeness (QED) is 0.367. The molecule has 0 aliphatic rings. The van der Waals surface area contributed by atoms with E-state index >= 15 is 0 Å². The summed E-state index contributed by atoms with van der Waals surface area (Å²) in [5.74, 6) is 0.305. The molecule has 0 aromatic heterocycles. The zero-order valence-corrected chi connectivity index (χ0v) is 14.1. The number of hydrogen-bond acceptors (Lipinski definition) is 4. The zero-order valence-electron chi connectivity index (χ0n) is 12.5. The Bertz CT molecular complexity index is 782. The van der Waals surface area contributed by atoms with Gasteiger partial charge in [0.25, 0.3) is 0 Å². The average molecular weight is 350 g/mol. The van der Waals surface area contributed by atoms with Crippen LogP contribution in [0.4, 0.5) is 0 Å². The van der Waals surface area contributed by atoms with Crippen LogP contribution in [-0.2, 0) is 26.3 Å². The summed E-state index contributed by atoms with van der Waals surface area (Å²) in [7, 11) is 0. The normalized spacial score (nSPS) is 12.8. The monoisotopic (exact) mass is 350 g/mol. The van der Waals surface area contributed by atoms with Crippen LogP contribution < -0.4 is 4.18 Å². The minimum Gasteiger partial charge on any atom is -0.390 e. The SMILES string of the molecule is Cc1ccc(OS(=O)C(=[N+]=[N-])OS(=O)c2ccc(C)cc2)cc1. The van der Waals surface area contributed by atoms with Gasteiger partial charge in [-0.15, -0.1) is 4.79 Å². The Balaban J connectivity index is 2.06. The van der Waals surface area contributed by atoms with E-state index in [2.05, 4.69) is 4.79 Å². The van der Waals surface area contributed by atoms with Gasteiger partial charge in [-0.1, -0.05) is 35.4 Å². The Hall–Kier alpha value is -2.28. The first-order chi connectivity index (χ1) is 11.0. The first-order valence-corrected chi connectivity index (χ1v) is 8.70. The lowest BCUT2D eigenvalue weighted by Gasteiger charge is -2.03. The Labute approximate surface area is 139 Å². The minimum atomic E-state index is -2.23. The molecule has 2 atom stereocenters. The van der Waals surface area contributed by atoms with Crippen molar-refractivity contribution in [3.63, 3.8) is 0 Å². The van der Waals surface area contributed by atoms with Crippen molar-refractivity contribution in [3.8, 4) is 5.75 Å². The van der Waals surface area contributed by atoms with Crippen LogP contribution in [0.2, 0.25) is 0 Å². The number of aryl methyl sites for hydroxylation is 2. The van der Waals surface area contributed by atoms with E-state index in [0.717, 1.165) is 11.1 Å². The van der Waals surface area contributed by atoms with Gasteiger partial charge in [0.1, 0.15) is 5.75 Å². The third kappa shape index (κ3) is 4.85. The first kappa shape index (κ1) is 17.1. The van der Waals surface area contributed by atoms with Gasteiger partial charge in [0.05, 0.1) is 4.90 Å². The van der Waals surface area contributed by atoms with Crippen molar-refractivity contribution in [2.24, 2.45) is 0 Å². The molecule has 2 unspecified atom stereocenters. The molecular formula is C15H14N2O4S2. The predicted molar refractivity (Wildman–Crippen MR) is 87.2 cm³/mol. The summed E-state index contributed by atoms with van der Waals surface area (Å²) in [4.78, 5) is 3.11. The van der Waals surface area contributed by atoms with Crippen LogP contribution in [0.3, 0.4) is 0 Å². The molecule has 6 nitrogen and oxygen atoms in total. The number of benzene rings is 2. The molecule has 0 aliphatic heterocycles. The van der Waals surface area contributed by atoms with Crippen molar-refractivity contribution in [2.45, 2.75) is 18.7 Å². The maximum absolute atomic E-state index is 12.0. The van der Waals surface area contributed by atoms with E-state index in [4.69, 9.17) is 13.9 Å². The third-order valence-corrected chi connectivity index (χ3v) is 4.64. The van der Waals surface area contributed by atoms with Gasteiger partial charge in [-0.05, 0) is 38.1 Å². The van der Waals surface area contributed by atoms with Gasteiger partial charge in [0, 0.05) is 0 Å². The van der Waals surface area contributed by atoms with E-state index in [-0.39, 0.29) is 0 Å². The first-order valence-electron chi connectivity index (χ1n) is 6.55. The zero-order chi connectivity index (χ0) is 16.8. The molecule has 0 amide bonds. The Morgan fingerprint density at radius 1 is 0.957 bits per heavy atom. The molecular weight excluding hydrogens is 336 g/mol. The van der Waals surface area contributed by atoms with Crippen molar-refractivity contribution in [3.05, 3.63) is 65.2 Å². The highest BCUT2D eigenvalue weighted by Gasteiger charge is 2.27. The molecule has 23 heavy (non-hydrogen) atoms. The Morgan fingerprint density at radius 3 is 2.00 bits per heavy atom. The molecule has 2 aromatic rings. The number of rotatable bonds is 4. The molecule has 2 rings (SSSR count). The van der Waals surface area contributed by atoms with E-state index in [1.807, 2.05) is 13.8 Å². The van der Waals surface area contributed by atoms with Crippen LogP contribution in [0.1, 0.15) is 11.1 Å². The summed E-state index contributed by atoms with van der Waals surface area (Å²) in [6.45, 7) is 3.79. The summed E-state index contributed by atoms with van der Waals surface area (Å²) < 4.78 is 34.1. The lowest BCUT2D eigenvalue weighted by atomic mass is 10.2. The lowest BCUT2D eigenvalue weighted by Crippen LogP contribution is -2.19. The fourth-order valence-corrected chi connectivity index (χ4v) is 3.01. The summed E-state index contributed by atoms with van der Waals surface area (Å²) >= 11 is -4.20. The molecule has 0 bridgehead atoms. The van der Waals surface area contributed by atoms with Gasteiger partial charge in [-0.25, -0.2) is 4.21 Å². The third-order valence-electron chi connectivity index (χ3n) is 2.78. The maximum atomic E-state index is 12.0. The van der Waals surface area contributed by atoms with Crippen LogP contribution in [0.5, 0.6) is 5.75 Å². The highest BCUT2D eigenvalue weighted by Crippen LogP contribution is 2.14. The molecule has 120 valence electrons. The maximum Gasteiger partial charge on any atom is 0.596 e. The second-order valence-electron chi connectivity index (χ2n) is 4.63. The Morgan fingerprint density at radius 2 is 1.48 bits per heavy atom. The fourth-order valence-electron chi connectivity index (χ4n) is 1.56. The van der Waals surface area contributed by atoms with E-state index in [1.54, 1.807) is 48.5 Å². The second kappa shape index (κ2) is 7.82. The van der Waals surface area contributed by atoms with E-state index < -0.39 is 27.4 Å². The van der Waals surface area contributed by atoms with Crippen molar-refractivity contribution in [1.29, 1.82) is 0 Å². The average Bonchev–Trinajstić information content (AvgIpc) is 2.55. The molecule has 0 heterocycles. The van der Waals surface area contributed by atoms with Gasteiger partial charge in [-0.2, -0.15) is 4.21 Å². The predicted octanol–water partition coefficient (Wildman–Crippen LogP) is 2.67. The molecule has 8 heteroatoms. The molecule has 0 spiro atoms. The smallest absolute Gasteiger partial charge is 0.390 e. The molecule has 0 fully saturated rings. The van der Waals surface area contributed by atoms with Crippen molar-refractivity contribution >= 4 is 27.4 Å². The van der Waals surface area contributed by atoms with E-state index in [0.29, 0.717) is 10.6 Å². The van der Waals surface area contributed by atoms with Crippen LogP contribution >= 0.6 is 0 Å². The van der Waals surface area contributed by atoms with Gasteiger partial charge in [0.15, 0.2) is 0 Å². The highest BCUT2D eigenvalue weighted by atomic mass is 32.2. The number of hydrogen-bond donors (Lipinski definition) is 0. The van der Waals surface area contributed by atoms with E-state index in [1.165, 1.54) is 0 Å². The molecule has 0 radical (unpaired) electrons. The van der Waals surface area contributed by atoms with Crippen LogP contribution in [0.15, 0.2) is 53.4 Å². The van der Waals surface area contributed by atoms with Crippen molar-refractivity contribution in [1.82, 2.24) is 0 Å². The van der Waals surface area contributed by atoms with Gasteiger partial charge in [0.2, 0.25) is 11.1 Å². The molecule has 0 aliphatic carbocycles. The van der Waals surface area contributed by atoms with Crippen molar-refractivity contribution < 1.29 is 21.6 Å². The van der Waals surface area contributed by atoms with Gasteiger partial charge in [-0.3, -0.25) is 0 Å². The van der Waals surface area contributed by atoms with Crippen molar-refractivity contribution in [2.75, 3.05) is 0 Å². The van der Waals surface area contributed by atoms with Crippen LogP contribution in [0, 0.1) is 13.8 Å². The summed E-state index contributed by atoms with van der Waals surface area (Å²) in [6.07, 6.45) is 0. The highest BCUT2D eigenvalue weighted by molar-refractivity contribution is 7.97. The summed E-state index contributed by atoms with van der Waals surface area (Å²) in [5.41, 5.74) is 10.9. The molecule has 0 saturated heterocycles. The fraction of sp³-hybridized carbons (Fsp3) is 0.133. The minimum absolute atomic E-state index is 0.305. The molecule has 0 N–H and O–H groups in total. The standard InChI is InChI=1S/C15H14N2O4S2/c1-11-3-7-13(8-4-11)20-23(19)15(17-16)21-22(18)14-9-5-12(2)6-10-14/h3-10H,1-2H3. The summed E-state index contributed by atoms with van der Waals surface area (Å²) in [5, 5.41) is -0.676. The number of nitrogens with zero attached hydrogens (tertiary/aromatic N) is 2. The van der Waals surface area contributed by atoms with Crippen LogP contribution in [0.25, 0.3) is 5.53 Å². The van der Waals surface area contributed by atoms with E-state index in [9.17, 15) is 8.42 Å². The molecule has 2 aromatic carbocycles. The largest absolute Gasteiger partial charge is 0.596 e. The van der Waals surface area contributed by atoms with Gasteiger partial charge >= 0.3 is 16.3 Å². The second-order valence-corrected chi connectivity index (χ2v) is 6.72. The lowest BCUT2D eigenvalue weighted by molar-refractivity contribution is -0.0191. The van der Waals surface area contributed by atoms with Gasteiger partial charge < -0.3 is 13.9 Å². The summed E-state index contributed by atoms with van der Waals surface area (Å²) in [6, 6.07) is 13.5. The topological polar surface area (TPSA) is 89.0 Å².